The number of nitrogens with zero attached hydrogens (tertiary/aromatic N) is 2. The van der Waals surface area contributed by atoms with Gasteiger partial charge in [0.2, 0.25) is 0 Å². The highest BCUT2D eigenvalue weighted by Crippen LogP contribution is 2.21. The fourth-order valence-electron chi connectivity index (χ4n) is 2.53. The van der Waals surface area contributed by atoms with Gasteiger partial charge in [-0.25, -0.2) is 0 Å². The van der Waals surface area contributed by atoms with Gasteiger partial charge in [-0.3, -0.25) is 4.68 Å². The standard InChI is InChI=1S/C21H21N3/c1-15-5-6-18(13-16(15)2)8-7-17-9-11-19(12-10-17)20-14-21(22-3)24(4)23-20/h5-6,9-14,22H,1-4H3. The van der Waals surface area contributed by atoms with Crippen molar-refractivity contribution < 1.29 is 0 Å². The zero-order valence-corrected chi connectivity index (χ0v) is 14.5. The Hall–Kier alpha value is -2.99. The fraction of sp³-hybridized carbons (Fsp3) is 0.190. The molecule has 2 aromatic carbocycles. The normalized spacial score (nSPS) is 10.2. The molecule has 0 radical (unpaired) electrons. The quantitative estimate of drug-likeness (QED) is 0.720. The van der Waals surface area contributed by atoms with Crippen LogP contribution in [0.3, 0.4) is 0 Å². The van der Waals surface area contributed by atoms with E-state index in [2.05, 4.69) is 66.4 Å². The van der Waals surface area contributed by atoms with Gasteiger partial charge in [0, 0.05) is 36.9 Å². The molecular weight excluding hydrogens is 294 g/mol. The lowest BCUT2D eigenvalue weighted by molar-refractivity contribution is 0.778. The maximum atomic E-state index is 4.51. The van der Waals surface area contributed by atoms with E-state index in [1.54, 1.807) is 0 Å². The largest absolute Gasteiger partial charge is 0.373 e. The Morgan fingerprint density at radius 3 is 2.17 bits per heavy atom. The van der Waals surface area contributed by atoms with Crippen LogP contribution < -0.4 is 5.32 Å². The smallest absolute Gasteiger partial charge is 0.124 e. The molecule has 0 atom stereocenters. The van der Waals surface area contributed by atoms with Crippen molar-refractivity contribution in [1.82, 2.24) is 9.78 Å². The molecule has 24 heavy (non-hydrogen) atoms. The number of benzene rings is 2. The molecule has 0 fully saturated rings. The SMILES string of the molecule is CNc1cc(-c2ccc(C#Cc3ccc(C)c(C)c3)cc2)nn1C. The van der Waals surface area contributed by atoms with E-state index in [9.17, 15) is 0 Å². The number of anilines is 1. The number of nitrogens with one attached hydrogen (secondary N) is 1. The highest BCUT2D eigenvalue weighted by molar-refractivity contribution is 5.64. The Kier molecular flexibility index (Phi) is 4.39. The monoisotopic (exact) mass is 315 g/mol. The summed E-state index contributed by atoms with van der Waals surface area (Å²) in [5.74, 6) is 7.45. The van der Waals surface area contributed by atoms with Crippen molar-refractivity contribution in [3.63, 3.8) is 0 Å². The first-order valence-electron chi connectivity index (χ1n) is 7.98. The number of hydrogen-bond acceptors (Lipinski definition) is 2. The molecule has 3 heteroatoms. The maximum Gasteiger partial charge on any atom is 0.124 e. The molecule has 0 saturated heterocycles. The maximum absolute atomic E-state index is 4.51. The lowest BCUT2D eigenvalue weighted by Gasteiger charge is -1.99. The van der Waals surface area contributed by atoms with Crippen molar-refractivity contribution in [1.29, 1.82) is 0 Å². The number of hydrogen-bond donors (Lipinski definition) is 1. The predicted molar refractivity (Wildman–Crippen MR) is 100 cm³/mol. The molecule has 0 aliphatic rings. The van der Waals surface area contributed by atoms with Crippen LogP contribution in [-0.2, 0) is 7.05 Å². The van der Waals surface area contributed by atoms with Gasteiger partial charge < -0.3 is 5.32 Å². The second kappa shape index (κ2) is 6.64. The van der Waals surface area contributed by atoms with E-state index >= 15 is 0 Å². The van der Waals surface area contributed by atoms with Crippen molar-refractivity contribution in [3.8, 4) is 23.1 Å². The molecular formula is C21H21N3. The van der Waals surface area contributed by atoms with Gasteiger partial charge in [0.25, 0.3) is 0 Å². The van der Waals surface area contributed by atoms with E-state index < -0.39 is 0 Å². The first-order valence-corrected chi connectivity index (χ1v) is 7.98. The summed E-state index contributed by atoms with van der Waals surface area (Å²) in [5.41, 5.74) is 6.65. The molecule has 0 spiro atoms. The van der Waals surface area contributed by atoms with Gasteiger partial charge in [-0.2, -0.15) is 5.10 Å². The lowest BCUT2D eigenvalue weighted by Crippen LogP contribution is -1.97. The van der Waals surface area contributed by atoms with E-state index in [1.165, 1.54) is 11.1 Å². The molecule has 0 unspecified atom stereocenters. The van der Waals surface area contributed by atoms with Gasteiger partial charge in [-0.1, -0.05) is 30.0 Å². The highest BCUT2D eigenvalue weighted by Gasteiger charge is 2.05. The zero-order valence-electron chi connectivity index (χ0n) is 14.5. The van der Waals surface area contributed by atoms with Crippen molar-refractivity contribution in [2.45, 2.75) is 13.8 Å². The molecule has 1 heterocycles. The number of aromatic nitrogens is 2. The average Bonchev–Trinajstić information content (AvgIpc) is 2.97. The molecule has 0 aliphatic heterocycles. The van der Waals surface area contributed by atoms with Crippen LogP contribution in [0.1, 0.15) is 22.3 Å². The summed E-state index contributed by atoms with van der Waals surface area (Å²) in [6.07, 6.45) is 0. The van der Waals surface area contributed by atoms with Crippen LogP contribution in [0, 0.1) is 25.7 Å². The molecule has 3 nitrogen and oxygen atoms in total. The number of aryl methyl sites for hydroxylation is 3. The minimum atomic E-state index is 0.954. The van der Waals surface area contributed by atoms with E-state index in [0.29, 0.717) is 0 Å². The minimum absolute atomic E-state index is 0.954. The van der Waals surface area contributed by atoms with Crippen molar-refractivity contribution in [3.05, 3.63) is 70.8 Å². The Labute approximate surface area is 143 Å². The van der Waals surface area contributed by atoms with Crippen molar-refractivity contribution in [2.75, 3.05) is 12.4 Å². The van der Waals surface area contributed by atoms with Crippen molar-refractivity contribution >= 4 is 5.82 Å². The Balaban J connectivity index is 1.82. The molecule has 120 valence electrons. The van der Waals surface area contributed by atoms with Crippen LogP contribution >= 0.6 is 0 Å². The average molecular weight is 315 g/mol. The van der Waals surface area contributed by atoms with E-state index in [0.717, 1.165) is 28.2 Å². The van der Waals surface area contributed by atoms with Gasteiger partial charge in [0.15, 0.2) is 0 Å². The summed E-state index contributed by atoms with van der Waals surface area (Å²) in [4.78, 5) is 0. The second-order valence-corrected chi connectivity index (χ2v) is 5.91. The molecule has 1 aromatic heterocycles. The van der Waals surface area contributed by atoms with Gasteiger partial charge in [-0.05, 0) is 49.2 Å². The van der Waals surface area contributed by atoms with Crippen molar-refractivity contribution in [2.24, 2.45) is 7.05 Å². The second-order valence-electron chi connectivity index (χ2n) is 5.91. The number of rotatable bonds is 2. The van der Waals surface area contributed by atoms with E-state index in [-0.39, 0.29) is 0 Å². The zero-order chi connectivity index (χ0) is 17.1. The fourth-order valence-corrected chi connectivity index (χ4v) is 2.53. The molecule has 0 bridgehead atoms. The van der Waals surface area contributed by atoms with E-state index in [4.69, 9.17) is 0 Å². The first kappa shape index (κ1) is 15.9. The van der Waals surface area contributed by atoms with Crippen LogP contribution in [0.4, 0.5) is 5.82 Å². The summed E-state index contributed by atoms with van der Waals surface area (Å²) in [7, 11) is 3.82. The third-order valence-corrected chi connectivity index (χ3v) is 4.17. The van der Waals surface area contributed by atoms with Crippen LogP contribution in [0.25, 0.3) is 11.3 Å². The van der Waals surface area contributed by atoms with Crippen LogP contribution in [0.5, 0.6) is 0 Å². The third kappa shape index (κ3) is 3.33. The molecule has 3 rings (SSSR count). The molecule has 0 aliphatic carbocycles. The summed E-state index contributed by atoms with van der Waals surface area (Å²) >= 11 is 0. The predicted octanol–water partition coefficient (Wildman–Crippen LogP) is 4.15. The van der Waals surface area contributed by atoms with Gasteiger partial charge in [-0.15, -0.1) is 0 Å². The summed E-state index contributed by atoms with van der Waals surface area (Å²) in [6.45, 7) is 4.23. The highest BCUT2D eigenvalue weighted by atomic mass is 15.3. The van der Waals surface area contributed by atoms with Gasteiger partial charge in [0.05, 0.1) is 5.69 Å². The molecule has 3 aromatic rings. The topological polar surface area (TPSA) is 29.9 Å². The first-order chi connectivity index (χ1) is 11.6. The van der Waals surface area contributed by atoms with Crippen LogP contribution in [-0.4, -0.2) is 16.8 Å². The van der Waals surface area contributed by atoms with Crippen LogP contribution in [0.15, 0.2) is 48.5 Å². The third-order valence-electron chi connectivity index (χ3n) is 4.17. The summed E-state index contributed by atoms with van der Waals surface area (Å²) in [5, 5.41) is 7.63. The van der Waals surface area contributed by atoms with E-state index in [1.807, 2.05) is 37.0 Å². The molecule has 1 N–H and O–H groups in total. The summed E-state index contributed by atoms with van der Waals surface area (Å²) < 4.78 is 1.84. The van der Waals surface area contributed by atoms with Gasteiger partial charge in [0.1, 0.15) is 5.82 Å². The Bertz CT molecular complexity index is 922. The Morgan fingerprint density at radius 1 is 0.875 bits per heavy atom. The van der Waals surface area contributed by atoms with Crippen LogP contribution in [0.2, 0.25) is 0 Å². The molecule has 0 saturated carbocycles. The molecule has 0 amide bonds. The minimum Gasteiger partial charge on any atom is -0.373 e. The summed E-state index contributed by atoms with van der Waals surface area (Å²) in [6, 6.07) is 16.5. The Morgan fingerprint density at radius 2 is 1.54 bits per heavy atom. The van der Waals surface area contributed by atoms with Gasteiger partial charge >= 0.3 is 0 Å². The lowest BCUT2D eigenvalue weighted by atomic mass is 10.1.